The lowest BCUT2D eigenvalue weighted by molar-refractivity contribution is -0.138. The van der Waals surface area contributed by atoms with Gasteiger partial charge in [0.15, 0.2) is 6.19 Å². The number of nitrogens with zero attached hydrogens (tertiary/aromatic N) is 2. The number of nitriles is 1. The van der Waals surface area contributed by atoms with Crippen molar-refractivity contribution < 1.29 is 18.3 Å². The number of rotatable bonds is 5. The van der Waals surface area contributed by atoms with E-state index in [1.54, 1.807) is 36.1 Å². The van der Waals surface area contributed by atoms with E-state index in [0.717, 1.165) is 11.1 Å². The minimum Gasteiger partial charge on any atom is -0.463 e. The molecule has 0 spiro atoms. The molecule has 0 radical (unpaired) electrons. The Kier molecular flexibility index (Phi) is 5.90. The highest BCUT2D eigenvalue weighted by Crippen LogP contribution is 2.29. The Bertz CT molecular complexity index is 929. The van der Waals surface area contributed by atoms with Gasteiger partial charge in [0.1, 0.15) is 17.3 Å². The molecule has 144 valence electrons. The van der Waals surface area contributed by atoms with E-state index in [1.165, 1.54) is 18.2 Å². The van der Waals surface area contributed by atoms with E-state index >= 15 is 0 Å². The van der Waals surface area contributed by atoms with E-state index in [-0.39, 0.29) is 18.3 Å². The molecule has 1 heterocycles. The van der Waals surface area contributed by atoms with Gasteiger partial charge in [-0.05, 0) is 48.7 Å². The first-order chi connectivity index (χ1) is 13.5. The molecule has 0 saturated heterocycles. The predicted octanol–water partition coefficient (Wildman–Crippen LogP) is 4.21. The first-order valence-electron chi connectivity index (χ1n) is 8.88. The zero-order valence-corrected chi connectivity index (χ0v) is 15.3. The Morgan fingerprint density at radius 3 is 2.50 bits per heavy atom. The minimum atomic E-state index is -0.687. The fourth-order valence-electron chi connectivity index (χ4n) is 3.07. The normalized spacial score (nSPS) is 13.9. The van der Waals surface area contributed by atoms with Crippen molar-refractivity contribution in [2.75, 3.05) is 25.0 Å². The molecule has 1 aliphatic rings. The fraction of sp³-hybridized carbons (Fsp3) is 0.238. The van der Waals surface area contributed by atoms with Crippen LogP contribution in [0, 0.1) is 23.1 Å². The quantitative estimate of drug-likeness (QED) is 0.619. The standard InChI is InChI=1S/C21H19F2N3O2/c1-2-28-21(27)16-10-11-26(13-24)12-17(16)14-6-8-15(9-7-14)25-20-18(22)4-3-5-19(20)23/h3-9,25H,2,10-12H2,1H3. The summed E-state index contributed by atoms with van der Waals surface area (Å²) in [6.45, 7) is 2.78. The number of esters is 1. The number of anilines is 2. The van der Waals surface area contributed by atoms with Gasteiger partial charge >= 0.3 is 5.97 Å². The molecule has 5 nitrogen and oxygen atoms in total. The predicted molar refractivity (Wildman–Crippen MR) is 101 cm³/mol. The van der Waals surface area contributed by atoms with E-state index in [2.05, 4.69) is 11.5 Å². The van der Waals surface area contributed by atoms with E-state index in [0.29, 0.717) is 30.8 Å². The van der Waals surface area contributed by atoms with Crippen LogP contribution in [0.3, 0.4) is 0 Å². The Labute approximate surface area is 161 Å². The number of benzene rings is 2. The monoisotopic (exact) mass is 383 g/mol. The van der Waals surface area contributed by atoms with Gasteiger partial charge in [0.25, 0.3) is 0 Å². The van der Waals surface area contributed by atoms with Crippen LogP contribution in [0.15, 0.2) is 48.0 Å². The summed E-state index contributed by atoms with van der Waals surface area (Å²) in [6, 6.07) is 10.5. The van der Waals surface area contributed by atoms with Crippen LogP contribution in [-0.4, -0.2) is 30.6 Å². The second-order valence-corrected chi connectivity index (χ2v) is 6.25. The minimum absolute atomic E-state index is 0.227. The molecule has 0 aliphatic carbocycles. The summed E-state index contributed by atoms with van der Waals surface area (Å²) in [4.78, 5) is 13.9. The average Bonchev–Trinajstić information content (AvgIpc) is 2.71. The SMILES string of the molecule is CCOC(=O)C1=C(c2ccc(Nc3c(F)cccc3F)cc2)CN(C#N)CC1. The second kappa shape index (κ2) is 8.53. The summed E-state index contributed by atoms with van der Waals surface area (Å²) in [5.41, 5.74) is 2.29. The molecule has 1 aliphatic heterocycles. The van der Waals surface area contributed by atoms with Gasteiger partial charge < -0.3 is 15.0 Å². The van der Waals surface area contributed by atoms with Crippen LogP contribution in [-0.2, 0) is 9.53 Å². The van der Waals surface area contributed by atoms with Crippen LogP contribution in [0.1, 0.15) is 18.9 Å². The first-order valence-corrected chi connectivity index (χ1v) is 8.88. The van der Waals surface area contributed by atoms with Gasteiger partial charge in [-0.25, -0.2) is 13.6 Å². The number of ether oxygens (including phenoxy) is 1. The maximum absolute atomic E-state index is 13.8. The molecule has 0 unspecified atom stereocenters. The molecule has 0 atom stereocenters. The third-order valence-electron chi connectivity index (χ3n) is 4.47. The van der Waals surface area contributed by atoms with Crippen molar-refractivity contribution in [3.63, 3.8) is 0 Å². The smallest absolute Gasteiger partial charge is 0.334 e. The van der Waals surface area contributed by atoms with Gasteiger partial charge in [0.2, 0.25) is 0 Å². The summed E-state index contributed by atoms with van der Waals surface area (Å²) < 4.78 is 32.7. The molecule has 0 fully saturated rings. The number of carbonyl (C=O) groups excluding carboxylic acids is 1. The van der Waals surface area contributed by atoms with Crippen LogP contribution in [0.4, 0.5) is 20.2 Å². The summed E-state index contributed by atoms with van der Waals surface area (Å²) in [5, 5.41) is 11.9. The van der Waals surface area contributed by atoms with Gasteiger partial charge in [-0.15, -0.1) is 0 Å². The van der Waals surface area contributed by atoms with E-state index in [1.807, 2.05) is 0 Å². The molecule has 0 saturated carbocycles. The van der Waals surface area contributed by atoms with Crippen molar-refractivity contribution in [3.05, 3.63) is 65.2 Å². The third kappa shape index (κ3) is 4.12. The van der Waals surface area contributed by atoms with Crippen LogP contribution in [0.2, 0.25) is 0 Å². The maximum Gasteiger partial charge on any atom is 0.334 e. The highest BCUT2D eigenvalue weighted by Gasteiger charge is 2.25. The number of halogens is 2. The first kappa shape index (κ1) is 19.4. The lowest BCUT2D eigenvalue weighted by atomic mass is 9.94. The molecular formula is C21H19F2N3O2. The zero-order chi connectivity index (χ0) is 20.1. The van der Waals surface area contributed by atoms with Gasteiger partial charge in [-0.1, -0.05) is 18.2 Å². The second-order valence-electron chi connectivity index (χ2n) is 6.25. The molecule has 1 N–H and O–H groups in total. The summed E-state index contributed by atoms with van der Waals surface area (Å²) in [5.74, 6) is -1.76. The molecule has 2 aromatic carbocycles. The lowest BCUT2D eigenvalue weighted by Gasteiger charge is -2.26. The van der Waals surface area contributed by atoms with Gasteiger partial charge in [-0.3, -0.25) is 0 Å². The van der Waals surface area contributed by atoms with Gasteiger partial charge in [0, 0.05) is 17.8 Å². The van der Waals surface area contributed by atoms with Gasteiger partial charge in [-0.2, -0.15) is 5.26 Å². The Morgan fingerprint density at radius 1 is 1.21 bits per heavy atom. The van der Waals surface area contributed by atoms with Gasteiger partial charge in [0.05, 0.1) is 13.2 Å². The maximum atomic E-state index is 13.8. The Balaban J connectivity index is 1.89. The van der Waals surface area contributed by atoms with Crippen molar-refractivity contribution in [2.24, 2.45) is 0 Å². The van der Waals surface area contributed by atoms with Crippen molar-refractivity contribution in [1.82, 2.24) is 4.90 Å². The number of nitrogens with one attached hydrogen (secondary N) is 1. The molecular weight excluding hydrogens is 364 g/mol. The summed E-state index contributed by atoms with van der Waals surface area (Å²) in [6.07, 6.45) is 2.52. The molecule has 28 heavy (non-hydrogen) atoms. The van der Waals surface area contributed by atoms with E-state index in [9.17, 15) is 18.8 Å². The number of hydrogen-bond donors (Lipinski definition) is 1. The van der Waals surface area contributed by atoms with Crippen molar-refractivity contribution in [3.8, 4) is 6.19 Å². The molecule has 0 aromatic heterocycles. The van der Waals surface area contributed by atoms with Crippen molar-refractivity contribution in [2.45, 2.75) is 13.3 Å². The number of para-hydroxylation sites is 1. The number of carbonyl (C=O) groups is 1. The summed E-state index contributed by atoms with van der Waals surface area (Å²) >= 11 is 0. The molecule has 3 rings (SSSR count). The highest BCUT2D eigenvalue weighted by atomic mass is 19.1. The largest absolute Gasteiger partial charge is 0.463 e. The molecule has 0 amide bonds. The summed E-state index contributed by atoms with van der Waals surface area (Å²) in [7, 11) is 0. The van der Waals surface area contributed by atoms with Crippen molar-refractivity contribution in [1.29, 1.82) is 5.26 Å². The van der Waals surface area contributed by atoms with Crippen LogP contribution >= 0.6 is 0 Å². The molecule has 7 heteroatoms. The van der Waals surface area contributed by atoms with Crippen molar-refractivity contribution >= 4 is 22.9 Å². The lowest BCUT2D eigenvalue weighted by Crippen LogP contribution is -2.29. The Morgan fingerprint density at radius 2 is 1.89 bits per heavy atom. The average molecular weight is 383 g/mol. The van der Waals surface area contributed by atoms with E-state index in [4.69, 9.17) is 4.74 Å². The molecule has 2 aromatic rings. The van der Waals surface area contributed by atoms with Crippen LogP contribution < -0.4 is 5.32 Å². The van der Waals surface area contributed by atoms with E-state index < -0.39 is 11.6 Å². The Hall–Kier alpha value is -3.40. The highest BCUT2D eigenvalue weighted by molar-refractivity contribution is 5.98. The number of hydrogen-bond acceptors (Lipinski definition) is 5. The van der Waals surface area contributed by atoms with Crippen LogP contribution in [0.5, 0.6) is 0 Å². The topological polar surface area (TPSA) is 65.4 Å². The zero-order valence-electron chi connectivity index (χ0n) is 15.3. The third-order valence-corrected chi connectivity index (χ3v) is 4.47. The fourth-order valence-corrected chi connectivity index (χ4v) is 3.07. The van der Waals surface area contributed by atoms with Crippen LogP contribution in [0.25, 0.3) is 5.57 Å². The molecule has 0 bridgehead atoms.